The van der Waals surface area contributed by atoms with Gasteiger partial charge in [0.25, 0.3) is 0 Å². The highest BCUT2D eigenvalue weighted by Crippen LogP contribution is 2.38. The second-order valence-electron chi connectivity index (χ2n) is 5.71. The number of hydrogen-bond acceptors (Lipinski definition) is 2. The van der Waals surface area contributed by atoms with Gasteiger partial charge in [-0.25, -0.2) is 0 Å². The van der Waals surface area contributed by atoms with Gasteiger partial charge < -0.3 is 9.84 Å². The van der Waals surface area contributed by atoms with Crippen molar-refractivity contribution in [1.29, 1.82) is 0 Å². The summed E-state index contributed by atoms with van der Waals surface area (Å²) in [5, 5.41) is 10.5. The lowest BCUT2D eigenvalue weighted by atomic mass is 9.72. The molecule has 0 amide bonds. The fourth-order valence-corrected chi connectivity index (χ4v) is 3.59. The molecule has 0 aromatic heterocycles. The third kappa shape index (κ3) is 2.43. The predicted molar refractivity (Wildman–Crippen MR) is 65.3 cm³/mol. The van der Waals surface area contributed by atoms with Crippen LogP contribution in [0.4, 0.5) is 0 Å². The first-order valence-electron chi connectivity index (χ1n) is 7.03. The van der Waals surface area contributed by atoms with Gasteiger partial charge in [-0.1, -0.05) is 39.5 Å². The van der Waals surface area contributed by atoms with E-state index in [1.165, 1.54) is 32.1 Å². The van der Waals surface area contributed by atoms with E-state index in [2.05, 4.69) is 13.8 Å². The summed E-state index contributed by atoms with van der Waals surface area (Å²) in [6.07, 6.45) is 7.36. The zero-order valence-corrected chi connectivity index (χ0v) is 10.7. The normalized spacial score (nSPS) is 42.2. The largest absolute Gasteiger partial charge is 0.390 e. The minimum Gasteiger partial charge on any atom is -0.390 e. The molecule has 0 radical (unpaired) electrons. The van der Waals surface area contributed by atoms with Crippen LogP contribution in [0.15, 0.2) is 0 Å². The van der Waals surface area contributed by atoms with Crippen molar-refractivity contribution in [2.45, 2.75) is 64.6 Å². The van der Waals surface area contributed by atoms with Crippen molar-refractivity contribution in [3.05, 3.63) is 0 Å². The topological polar surface area (TPSA) is 29.5 Å². The molecule has 1 saturated carbocycles. The Labute approximate surface area is 99.4 Å². The van der Waals surface area contributed by atoms with E-state index < -0.39 is 0 Å². The smallest absolute Gasteiger partial charge is 0.0863 e. The van der Waals surface area contributed by atoms with Crippen LogP contribution >= 0.6 is 0 Å². The molecule has 94 valence electrons. The maximum absolute atomic E-state index is 10.5. The van der Waals surface area contributed by atoms with E-state index in [1.54, 1.807) is 0 Å². The fraction of sp³-hybridized carbons (Fsp3) is 1.00. The van der Waals surface area contributed by atoms with Crippen LogP contribution in [-0.4, -0.2) is 23.9 Å². The SMILES string of the molecule is CCC1CCCCC1C(O)C1OCCC1C. The number of rotatable bonds is 3. The molecule has 2 rings (SSSR count). The lowest BCUT2D eigenvalue weighted by Gasteiger charge is -2.37. The highest BCUT2D eigenvalue weighted by molar-refractivity contribution is 4.88. The quantitative estimate of drug-likeness (QED) is 0.801. The van der Waals surface area contributed by atoms with Crippen molar-refractivity contribution in [2.24, 2.45) is 17.8 Å². The lowest BCUT2D eigenvalue weighted by molar-refractivity contribution is -0.0678. The van der Waals surface area contributed by atoms with Gasteiger partial charge in [-0.15, -0.1) is 0 Å². The number of hydrogen-bond donors (Lipinski definition) is 1. The molecule has 0 aromatic carbocycles. The zero-order chi connectivity index (χ0) is 11.5. The summed E-state index contributed by atoms with van der Waals surface area (Å²) in [4.78, 5) is 0. The number of aliphatic hydroxyl groups excluding tert-OH is 1. The molecule has 5 atom stereocenters. The van der Waals surface area contributed by atoms with Crippen molar-refractivity contribution in [1.82, 2.24) is 0 Å². The Morgan fingerprint density at radius 2 is 2.00 bits per heavy atom. The van der Waals surface area contributed by atoms with Crippen LogP contribution in [0.25, 0.3) is 0 Å². The average Bonchev–Trinajstić information content (AvgIpc) is 2.74. The van der Waals surface area contributed by atoms with Gasteiger partial charge in [-0.2, -0.15) is 0 Å². The van der Waals surface area contributed by atoms with E-state index in [9.17, 15) is 5.11 Å². The van der Waals surface area contributed by atoms with E-state index in [0.717, 1.165) is 18.9 Å². The molecule has 1 heterocycles. The highest BCUT2D eigenvalue weighted by Gasteiger charge is 2.39. The van der Waals surface area contributed by atoms with Gasteiger partial charge in [0.15, 0.2) is 0 Å². The predicted octanol–water partition coefficient (Wildman–Crippen LogP) is 2.99. The molecular formula is C14H26O2. The van der Waals surface area contributed by atoms with Gasteiger partial charge >= 0.3 is 0 Å². The molecule has 5 unspecified atom stereocenters. The molecular weight excluding hydrogens is 200 g/mol. The maximum atomic E-state index is 10.5. The zero-order valence-electron chi connectivity index (χ0n) is 10.7. The molecule has 1 N–H and O–H groups in total. The molecule has 0 spiro atoms. The Morgan fingerprint density at radius 3 is 2.62 bits per heavy atom. The van der Waals surface area contributed by atoms with E-state index in [-0.39, 0.29) is 12.2 Å². The second-order valence-corrected chi connectivity index (χ2v) is 5.71. The number of aliphatic hydroxyl groups is 1. The van der Waals surface area contributed by atoms with Crippen LogP contribution in [0, 0.1) is 17.8 Å². The molecule has 2 nitrogen and oxygen atoms in total. The van der Waals surface area contributed by atoms with Crippen molar-refractivity contribution in [3.8, 4) is 0 Å². The van der Waals surface area contributed by atoms with Crippen molar-refractivity contribution in [3.63, 3.8) is 0 Å². The second kappa shape index (κ2) is 5.50. The summed E-state index contributed by atoms with van der Waals surface area (Å²) in [7, 11) is 0. The summed E-state index contributed by atoms with van der Waals surface area (Å²) < 4.78 is 5.72. The van der Waals surface area contributed by atoms with E-state index in [4.69, 9.17) is 4.74 Å². The fourth-order valence-electron chi connectivity index (χ4n) is 3.59. The average molecular weight is 226 g/mol. The van der Waals surface area contributed by atoms with Crippen LogP contribution < -0.4 is 0 Å². The van der Waals surface area contributed by atoms with Gasteiger partial charge in [0, 0.05) is 6.61 Å². The first kappa shape index (κ1) is 12.4. The van der Waals surface area contributed by atoms with Gasteiger partial charge in [-0.3, -0.25) is 0 Å². The minimum absolute atomic E-state index is 0.108. The first-order chi connectivity index (χ1) is 7.74. The Bertz CT molecular complexity index is 217. The van der Waals surface area contributed by atoms with Crippen molar-refractivity contribution < 1.29 is 9.84 Å². The van der Waals surface area contributed by atoms with Crippen molar-refractivity contribution in [2.75, 3.05) is 6.61 Å². The third-order valence-corrected chi connectivity index (χ3v) is 4.71. The summed E-state index contributed by atoms with van der Waals surface area (Å²) >= 11 is 0. The van der Waals surface area contributed by atoms with Crippen molar-refractivity contribution >= 4 is 0 Å². The monoisotopic (exact) mass is 226 g/mol. The van der Waals surface area contributed by atoms with Crippen LogP contribution in [0.2, 0.25) is 0 Å². The van der Waals surface area contributed by atoms with Gasteiger partial charge in [-0.05, 0) is 30.6 Å². The third-order valence-electron chi connectivity index (χ3n) is 4.71. The lowest BCUT2D eigenvalue weighted by Crippen LogP contribution is -2.41. The molecule has 2 aliphatic rings. The molecule has 2 fully saturated rings. The van der Waals surface area contributed by atoms with Crippen LogP contribution in [0.5, 0.6) is 0 Å². The number of ether oxygens (including phenoxy) is 1. The maximum Gasteiger partial charge on any atom is 0.0863 e. The minimum atomic E-state index is -0.220. The Hall–Kier alpha value is -0.0800. The van der Waals surface area contributed by atoms with Gasteiger partial charge in [0.2, 0.25) is 0 Å². The molecule has 0 aromatic rings. The van der Waals surface area contributed by atoms with Crippen LogP contribution in [-0.2, 0) is 4.74 Å². The summed E-state index contributed by atoms with van der Waals surface area (Å²) in [5.41, 5.74) is 0. The molecule has 1 aliphatic carbocycles. The first-order valence-corrected chi connectivity index (χ1v) is 7.03. The summed E-state index contributed by atoms with van der Waals surface area (Å²) in [6.45, 7) is 5.31. The standard InChI is InChI=1S/C14H26O2/c1-3-11-6-4-5-7-12(11)13(15)14-10(2)8-9-16-14/h10-15H,3-9H2,1-2H3. The van der Waals surface area contributed by atoms with E-state index >= 15 is 0 Å². The van der Waals surface area contributed by atoms with Crippen LogP contribution in [0.3, 0.4) is 0 Å². The Balaban J connectivity index is 1.98. The molecule has 2 heteroatoms. The van der Waals surface area contributed by atoms with Crippen LogP contribution in [0.1, 0.15) is 52.4 Å². The van der Waals surface area contributed by atoms with Gasteiger partial charge in [0.05, 0.1) is 12.2 Å². The molecule has 1 aliphatic heterocycles. The molecule has 0 bridgehead atoms. The van der Waals surface area contributed by atoms with Gasteiger partial charge in [0.1, 0.15) is 0 Å². The Morgan fingerprint density at radius 1 is 1.25 bits per heavy atom. The van der Waals surface area contributed by atoms with E-state index in [1.807, 2.05) is 0 Å². The summed E-state index contributed by atoms with van der Waals surface area (Å²) in [6, 6.07) is 0. The summed E-state index contributed by atoms with van der Waals surface area (Å²) in [5.74, 6) is 1.75. The Kier molecular flexibility index (Phi) is 4.26. The highest BCUT2D eigenvalue weighted by atomic mass is 16.5. The molecule has 1 saturated heterocycles. The molecule has 16 heavy (non-hydrogen) atoms. The van der Waals surface area contributed by atoms with E-state index in [0.29, 0.717) is 11.8 Å².